The van der Waals surface area contributed by atoms with Crippen LogP contribution in [0.3, 0.4) is 0 Å². The highest BCUT2D eigenvalue weighted by Gasteiger charge is 2.21. The van der Waals surface area contributed by atoms with Crippen LogP contribution in [0.15, 0.2) is 18.2 Å². The van der Waals surface area contributed by atoms with Gasteiger partial charge in [-0.25, -0.2) is 0 Å². The minimum Gasteiger partial charge on any atom is -0.491 e. The van der Waals surface area contributed by atoms with Crippen LogP contribution in [-0.2, 0) is 10.2 Å². The number of carbonyl (C=O) groups is 1. The first-order valence-corrected chi connectivity index (χ1v) is 6.95. The van der Waals surface area contributed by atoms with Crippen LogP contribution in [0.4, 0.5) is 0 Å². The second kappa shape index (κ2) is 6.75. The van der Waals surface area contributed by atoms with Crippen LogP contribution >= 0.6 is 0 Å². The molecule has 0 radical (unpaired) electrons. The third-order valence-corrected chi connectivity index (χ3v) is 3.10. The van der Waals surface area contributed by atoms with Crippen molar-refractivity contribution in [2.24, 2.45) is 0 Å². The third-order valence-electron chi connectivity index (χ3n) is 3.10. The Balaban J connectivity index is 2.89. The summed E-state index contributed by atoms with van der Waals surface area (Å²) >= 11 is 0. The van der Waals surface area contributed by atoms with E-state index in [9.17, 15) is 4.79 Å². The summed E-state index contributed by atoms with van der Waals surface area (Å²) in [7, 11) is 0. The summed E-state index contributed by atoms with van der Waals surface area (Å²) in [6.45, 7) is 11.0. The van der Waals surface area contributed by atoms with Crippen molar-refractivity contribution in [1.29, 1.82) is 0 Å². The molecule has 4 nitrogen and oxygen atoms in total. The molecule has 0 saturated carbocycles. The number of aryl methyl sites for hydroxylation is 1. The molecule has 0 spiro atoms. The monoisotopic (exact) mass is 279 g/mol. The summed E-state index contributed by atoms with van der Waals surface area (Å²) in [6.07, 6.45) is 0. The molecule has 0 amide bonds. The lowest BCUT2D eigenvalue weighted by Crippen LogP contribution is -2.41. The Labute approximate surface area is 121 Å². The molecule has 0 bridgehead atoms. The fraction of sp³-hybridized carbons (Fsp3) is 0.562. The maximum absolute atomic E-state index is 11.1. The molecule has 20 heavy (non-hydrogen) atoms. The van der Waals surface area contributed by atoms with E-state index in [-0.39, 0.29) is 12.0 Å². The van der Waals surface area contributed by atoms with Crippen LogP contribution in [0.1, 0.15) is 38.8 Å². The first-order chi connectivity index (χ1) is 9.25. The van der Waals surface area contributed by atoms with Crippen molar-refractivity contribution in [3.05, 3.63) is 29.3 Å². The number of nitrogens with one attached hydrogen (secondary N) is 1. The SMILES string of the molecule is CCNC(COc1ccc(C)cc1C(C)(C)C)C(=O)O. The van der Waals surface area contributed by atoms with Crippen LogP contribution in [0.5, 0.6) is 5.75 Å². The molecule has 1 atom stereocenters. The van der Waals surface area contributed by atoms with Crippen LogP contribution in [0.2, 0.25) is 0 Å². The molecule has 0 fully saturated rings. The predicted molar refractivity (Wildman–Crippen MR) is 80.5 cm³/mol. The second-order valence-corrected chi connectivity index (χ2v) is 6.01. The van der Waals surface area contributed by atoms with E-state index >= 15 is 0 Å². The minimum absolute atomic E-state index is 0.0434. The highest BCUT2D eigenvalue weighted by atomic mass is 16.5. The van der Waals surface area contributed by atoms with E-state index in [4.69, 9.17) is 9.84 Å². The molecule has 1 rings (SSSR count). The molecule has 0 aromatic heterocycles. The number of ether oxygens (including phenoxy) is 1. The van der Waals surface area contributed by atoms with Gasteiger partial charge in [0.1, 0.15) is 18.4 Å². The van der Waals surface area contributed by atoms with Crippen LogP contribution in [-0.4, -0.2) is 30.3 Å². The molecule has 0 aliphatic rings. The minimum atomic E-state index is -0.892. The van der Waals surface area contributed by atoms with Crippen molar-refractivity contribution < 1.29 is 14.6 Å². The number of carboxylic acid groups (broad SMARTS) is 1. The summed E-state index contributed by atoms with van der Waals surface area (Å²) in [5.41, 5.74) is 2.22. The molecule has 0 heterocycles. The van der Waals surface area contributed by atoms with Gasteiger partial charge >= 0.3 is 5.97 Å². The zero-order chi connectivity index (χ0) is 15.3. The van der Waals surface area contributed by atoms with Gasteiger partial charge in [-0.2, -0.15) is 0 Å². The first-order valence-electron chi connectivity index (χ1n) is 6.95. The van der Waals surface area contributed by atoms with Crippen molar-refractivity contribution in [3.8, 4) is 5.75 Å². The van der Waals surface area contributed by atoms with Gasteiger partial charge in [-0.05, 0) is 30.5 Å². The lowest BCUT2D eigenvalue weighted by atomic mass is 9.85. The molecule has 2 N–H and O–H groups in total. The molecule has 4 heteroatoms. The van der Waals surface area contributed by atoms with Crippen molar-refractivity contribution in [2.75, 3.05) is 13.2 Å². The zero-order valence-corrected chi connectivity index (χ0v) is 13.0. The van der Waals surface area contributed by atoms with E-state index in [1.165, 1.54) is 5.56 Å². The number of aliphatic carboxylic acids is 1. The molecular weight excluding hydrogens is 254 g/mol. The number of hydrogen-bond acceptors (Lipinski definition) is 3. The van der Waals surface area contributed by atoms with E-state index in [1.54, 1.807) is 0 Å². The Kier molecular flexibility index (Phi) is 5.57. The third kappa shape index (κ3) is 4.53. The van der Waals surface area contributed by atoms with Crippen molar-refractivity contribution in [1.82, 2.24) is 5.32 Å². The quantitative estimate of drug-likeness (QED) is 0.840. The summed E-state index contributed by atoms with van der Waals surface area (Å²) < 4.78 is 5.75. The van der Waals surface area contributed by atoms with E-state index in [2.05, 4.69) is 32.2 Å². The van der Waals surface area contributed by atoms with Crippen LogP contribution in [0, 0.1) is 6.92 Å². The summed E-state index contributed by atoms with van der Waals surface area (Å²) in [6, 6.07) is 5.31. The van der Waals surface area contributed by atoms with Crippen LogP contribution < -0.4 is 10.1 Å². The highest BCUT2D eigenvalue weighted by molar-refractivity contribution is 5.73. The maximum atomic E-state index is 11.1. The Morgan fingerprint density at radius 3 is 2.55 bits per heavy atom. The number of benzene rings is 1. The largest absolute Gasteiger partial charge is 0.491 e. The van der Waals surface area contributed by atoms with E-state index in [0.29, 0.717) is 6.54 Å². The smallest absolute Gasteiger partial charge is 0.324 e. The van der Waals surface area contributed by atoms with Gasteiger partial charge in [0.15, 0.2) is 0 Å². The molecule has 1 aromatic rings. The van der Waals surface area contributed by atoms with Gasteiger partial charge in [0.05, 0.1) is 0 Å². The van der Waals surface area contributed by atoms with E-state index in [1.807, 2.05) is 26.0 Å². The molecule has 0 aliphatic heterocycles. The van der Waals surface area contributed by atoms with Crippen molar-refractivity contribution in [2.45, 2.75) is 46.1 Å². The van der Waals surface area contributed by atoms with E-state index in [0.717, 1.165) is 11.3 Å². The predicted octanol–water partition coefficient (Wildman–Crippen LogP) is 2.73. The van der Waals surface area contributed by atoms with Crippen LogP contribution in [0.25, 0.3) is 0 Å². The maximum Gasteiger partial charge on any atom is 0.324 e. The zero-order valence-electron chi connectivity index (χ0n) is 13.0. The average molecular weight is 279 g/mol. The number of rotatable bonds is 6. The number of likely N-dealkylation sites (N-methyl/N-ethyl adjacent to an activating group) is 1. The molecule has 112 valence electrons. The lowest BCUT2D eigenvalue weighted by Gasteiger charge is -2.24. The first kappa shape index (κ1) is 16.5. The summed E-state index contributed by atoms with van der Waals surface area (Å²) in [5.74, 6) is -0.136. The molecule has 1 unspecified atom stereocenters. The molecule has 1 aromatic carbocycles. The summed E-state index contributed by atoms with van der Waals surface area (Å²) in [5, 5.41) is 12.0. The van der Waals surface area contributed by atoms with Crippen molar-refractivity contribution >= 4 is 5.97 Å². The second-order valence-electron chi connectivity index (χ2n) is 6.01. The standard InChI is InChI=1S/C16H25NO3/c1-6-17-13(15(18)19)10-20-14-8-7-11(2)9-12(14)16(3,4)5/h7-9,13,17H,6,10H2,1-5H3,(H,18,19). The average Bonchev–Trinajstić information content (AvgIpc) is 2.34. The summed E-state index contributed by atoms with van der Waals surface area (Å²) in [4.78, 5) is 11.1. The molecule has 0 saturated heterocycles. The fourth-order valence-corrected chi connectivity index (χ4v) is 1.99. The van der Waals surface area contributed by atoms with Crippen molar-refractivity contribution in [3.63, 3.8) is 0 Å². The van der Waals surface area contributed by atoms with Gasteiger partial charge in [0.25, 0.3) is 0 Å². The number of hydrogen-bond donors (Lipinski definition) is 2. The normalized spacial score (nSPS) is 13.1. The van der Waals surface area contributed by atoms with Gasteiger partial charge in [0, 0.05) is 0 Å². The van der Waals surface area contributed by atoms with Gasteiger partial charge in [-0.1, -0.05) is 45.4 Å². The Hall–Kier alpha value is -1.55. The Morgan fingerprint density at radius 1 is 1.40 bits per heavy atom. The highest BCUT2D eigenvalue weighted by Crippen LogP contribution is 2.32. The van der Waals surface area contributed by atoms with Gasteiger partial charge in [-0.15, -0.1) is 0 Å². The van der Waals surface area contributed by atoms with Gasteiger partial charge in [0.2, 0.25) is 0 Å². The van der Waals surface area contributed by atoms with Gasteiger partial charge in [-0.3, -0.25) is 4.79 Å². The number of carboxylic acids is 1. The lowest BCUT2D eigenvalue weighted by molar-refractivity contribution is -0.140. The molecule has 0 aliphatic carbocycles. The topological polar surface area (TPSA) is 58.6 Å². The van der Waals surface area contributed by atoms with Gasteiger partial charge < -0.3 is 15.2 Å². The fourth-order valence-electron chi connectivity index (χ4n) is 1.99. The van der Waals surface area contributed by atoms with E-state index < -0.39 is 12.0 Å². The Bertz CT molecular complexity index is 463. The Morgan fingerprint density at radius 2 is 2.05 bits per heavy atom. The molecular formula is C16H25NO3.